The number of rotatable bonds is 4. The number of nitrogens with one attached hydrogen (secondary N) is 1. The van der Waals surface area contributed by atoms with Gasteiger partial charge >= 0.3 is 0 Å². The Morgan fingerprint density at radius 3 is 2.61 bits per heavy atom. The lowest BCUT2D eigenvalue weighted by molar-refractivity contribution is 0.481. The van der Waals surface area contributed by atoms with E-state index in [2.05, 4.69) is 42.8 Å². The van der Waals surface area contributed by atoms with Crippen molar-refractivity contribution in [1.82, 2.24) is 9.88 Å². The summed E-state index contributed by atoms with van der Waals surface area (Å²) < 4.78 is 2.31. The third kappa shape index (κ3) is 2.23. The Morgan fingerprint density at radius 2 is 2.00 bits per heavy atom. The summed E-state index contributed by atoms with van der Waals surface area (Å²) in [6, 6.07) is 8.65. The molecular weight excluding hydrogens is 224 g/mol. The minimum atomic E-state index is 0.366. The van der Waals surface area contributed by atoms with Crippen molar-refractivity contribution in [2.24, 2.45) is 0 Å². The number of likely N-dealkylation sites (N-methyl/N-ethyl adjacent to an activating group) is 1. The molecule has 0 aliphatic carbocycles. The van der Waals surface area contributed by atoms with E-state index in [9.17, 15) is 5.11 Å². The van der Waals surface area contributed by atoms with E-state index in [1.54, 1.807) is 6.07 Å². The fraction of sp³-hybridized carbons (Fsp3) is 0.467. The van der Waals surface area contributed by atoms with Gasteiger partial charge in [-0.3, -0.25) is 0 Å². The Morgan fingerprint density at radius 1 is 1.28 bits per heavy atom. The van der Waals surface area contributed by atoms with Crippen molar-refractivity contribution in [1.29, 1.82) is 0 Å². The van der Waals surface area contributed by atoms with Crippen LogP contribution in [-0.4, -0.2) is 22.8 Å². The molecule has 0 saturated carbocycles. The zero-order chi connectivity index (χ0) is 13.3. The Bertz CT molecular complexity index is 543. The smallest absolute Gasteiger partial charge is 0.124 e. The van der Waals surface area contributed by atoms with Gasteiger partial charge < -0.3 is 15.0 Å². The summed E-state index contributed by atoms with van der Waals surface area (Å²) >= 11 is 0. The highest BCUT2D eigenvalue weighted by molar-refractivity contribution is 5.87. The number of aromatic hydroxyl groups is 1. The van der Waals surface area contributed by atoms with Crippen molar-refractivity contribution in [3.63, 3.8) is 0 Å². The second-order valence-corrected chi connectivity index (χ2v) is 5.20. The highest BCUT2D eigenvalue weighted by atomic mass is 16.3. The summed E-state index contributed by atoms with van der Waals surface area (Å²) in [5.41, 5.74) is 2.38. The van der Waals surface area contributed by atoms with E-state index in [1.165, 1.54) is 5.69 Å². The molecule has 0 amide bonds. The number of hydrogen-bond acceptors (Lipinski definition) is 2. The first-order chi connectivity index (χ1) is 8.54. The van der Waals surface area contributed by atoms with Crippen LogP contribution in [0.2, 0.25) is 0 Å². The van der Waals surface area contributed by atoms with E-state index in [0.29, 0.717) is 17.8 Å². The van der Waals surface area contributed by atoms with E-state index in [1.807, 2.05) is 13.1 Å². The summed E-state index contributed by atoms with van der Waals surface area (Å²) in [5.74, 6) is 0.366. The quantitative estimate of drug-likeness (QED) is 0.870. The molecule has 3 heteroatoms. The standard InChI is InChI=1S/C15H22N2O/c1-10(2)17-12(8-11(3)16-4)9-13-14(17)6-5-7-15(13)18/h5-7,9-11,16,18H,8H2,1-4H3. The molecule has 1 aromatic carbocycles. The summed E-state index contributed by atoms with van der Waals surface area (Å²) in [6.07, 6.45) is 0.961. The highest BCUT2D eigenvalue weighted by Gasteiger charge is 2.14. The van der Waals surface area contributed by atoms with Gasteiger partial charge in [0.15, 0.2) is 0 Å². The number of nitrogens with zero attached hydrogens (tertiary/aromatic N) is 1. The molecule has 98 valence electrons. The molecule has 1 unspecified atom stereocenters. The normalized spacial score (nSPS) is 13.4. The lowest BCUT2D eigenvalue weighted by Crippen LogP contribution is -2.25. The van der Waals surface area contributed by atoms with Gasteiger partial charge in [-0.05, 0) is 46.0 Å². The number of hydrogen-bond donors (Lipinski definition) is 2. The van der Waals surface area contributed by atoms with Crippen molar-refractivity contribution >= 4 is 10.9 Å². The van der Waals surface area contributed by atoms with E-state index in [-0.39, 0.29) is 0 Å². The van der Waals surface area contributed by atoms with Gasteiger partial charge in [-0.15, -0.1) is 0 Å². The average Bonchev–Trinajstić information content (AvgIpc) is 2.68. The molecule has 0 aliphatic heterocycles. The fourth-order valence-electron chi connectivity index (χ4n) is 2.47. The topological polar surface area (TPSA) is 37.2 Å². The fourth-order valence-corrected chi connectivity index (χ4v) is 2.47. The molecule has 0 radical (unpaired) electrons. The maximum absolute atomic E-state index is 9.95. The molecule has 0 bridgehead atoms. The first-order valence-corrected chi connectivity index (χ1v) is 6.53. The molecule has 1 aromatic heterocycles. The second kappa shape index (κ2) is 5.02. The van der Waals surface area contributed by atoms with Gasteiger partial charge in [-0.25, -0.2) is 0 Å². The van der Waals surface area contributed by atoms with Crippen LogP contribution in [0.15, 0.2) is 24.3 Å². The van der Waals surface area contributed by atoms with Gasteiger partial charge in [0.2, 0.25) is 0 Å². The molecular formula is C15H22N2O. The molecule has 0 spiro atoms. The molecule has 3 nitrogen and oxygen atoms in total. The number of aromatic nitrogens is 1. The van der Waals surface area contributed by atoms with Gasteiger partial charge in [0, 0.05) is 29.6 Å². The minimum Gasteiger partial charge on any atom is -0.507 e. The maximum atomic E-state index is 9.95. The van der Waals surface area contributed by atoms with Crippen LogP contribution in [0.5, 0.6) is 5.75 Å². The Labute approximate surface area is 108 Å². The molecule has 2 N–H and O–H groups in total. The molecule has 2 aromatic rings. The Balaban J connectivity index is 2.58. The van der Waals surface area contributed by atoms with Crippen LogP contribution < -0.4 is 5.32 Å². The van der Waals surface area contributed by atoms with Gasteiger partial charge in [-0.1, -0.05) is 6.07 Å². The Hall–Kier alpha value is -1.48. The molecule has 0 saturated heterocycles. The van der Waals surface area contributed by atoms with E-state index < -0.39 is 0 Å². The van der Waals surface area contributed by atoms with Crippen LogP contribution >= 0.6 is 0 Å². The lowest BCUT2D eigenvalue weighted by atomic mass is 10.1. The van der Waals surface area contributed by atoms with Gasteiger partial charge in [0.05, 0.1) is 5.52 Å². The third-order valence-corrected chi connectivity index (χ3v) is 3.46. The summed E-state index contributed by atoms with van der Waals surface area (Å²) in [6.45, 7) is 6.52. The Kier molecular flexibility index (Phi) is 3.62. The minimum absolute atomic E-state index is 0.366. The molecule has 0 fully saturated rings. The SMILES string of the molecule is CNC(C)Cc1cc2c(O)cccc2n1C(C)C. The summed E-state index contributed by atoms with van der Waals surface area (Å²) in [5, 5.41) is 14.2. The van der Waals surface area contributed by atoms with E-state index >= 15 is 0 Å². The first-order valence-electron chi connectivity index (χ1n) is 6.53. The largest absolute Gasteiger partial charge is 0.507 e. The number of fused-ring (bicyclic) bond motifs is 1. The van der Waals surface area contributed by atoms with Crippen molar-refractivity contribution in [3.8, 4) is 5.75 Å². The van der Waals surface area contributed by atoms with Gasteiger partial charge in [-0.2, -0.15) is 0 Å². The predicted octanol–water partition coefficient (Wildman–Crippen LogP) is 3.08. The van der Waals surface area contributed by atoms with Crippen LogP contribution in [0.1, 0.15) is 32.5 Å². The molecule has 18 heavy (non-hydrogen) atoms. The van der Waals surface area contributed by atoms with Crippen molar-refractivity contribution < 1.29 is 5.11 Å². The van der Waals surface area contributed by atoms with Crippen molar-refractivity contribution in [3.05, 3.63) is 30.0 Å². The van der Waals surface area contributed by atoms with Crippen molar-refractivity contribution in [2.45, 2.75) is 39.3 Å². The highest BCUT2D eigenvalue weighted by Crippen LogP contribution is 2.30. The third-order valence-electron chi connectivity index (χ3n) is 3.46. The zero-order valence-electron chi connectivity index (χ0n) is 11.6. The molecule has 0 aliphatic rings. The number of phenols is 1. The van der Waals surface area contributed by atoms with E-state index in [4.69, 9.17) is 0 Å². The zero-order valence-corrected chi connectivity index (χ0v) is 11.6. The van der Waals surface area contributed by atoms with Gasteiger partial charge in [0.25, 0.3) is 0 Å². The van der Waals surface area contributed by atoms with Crippen molar-refractivity contribution in [2.75, 3.05) is 7.05 Å². The number of benzene rings is 1. The van der Waals surface area contributed by atoms with Crippen LogP contribution in [0.25, 0.3) is 10.9 Å². The van der Waals surface area contributed by atoms with Crippen LogP contribution in [0, 0.1) is 0 Å². The molecule has 2 rings (SSSR count). The average molecular weight is 246 g/mol. The maximum Gasteiger partial charge on any atom is 0.124 e. The first kappa shape index (κ1) is 13.0. The van der Waals surface area contributed by atoms with Crippen LogP contribution in [-0.2, 0) is 6.42 Å². The second-order valence-electron chi connectivity index (χ2n) is 5.20. The number of phenolic OH excluding ortho intramolecular Hbond substituents is 1. The lowest BCUT2D eigenvalue weighted by Gasteiger charge is -2.17. The summed E-state index contributed by atoms with van der Waals surface area (Å²) in [7, 11) is 1.98. The van der Waals surface area contributed by atoms with Crippen LogP contribution in [0.3, 0.4) is 0 Å². The monoisotopic (exact) mass is 246 g/mol. The van der Waals surface area contributed by atoms with E-state index in [0.717, 1.165) is 17.3 Å². The summed E-state index contributed by atoms with van der Waals surface area (Å²) in [4.78, 5) is 0. The predicted molar refractivity (Wildman–Crippen MR) is 76.2 cm³/mol. The van der Waals surface area contributed by atoms with Gasteiger partial charge in [0.1, 0.15) is 5.75 Å². The van der Waals surface area contributed by atoms with Crippen LogP contribution in [0.4, 0.5) is 0 Å². The molecule has 1 heterocycles. The molecule has 1 atom stereocenters.